The second-order valence-corrected chi connectivity index (χ2v) is 7.13. The van der Waals surface area contributed by atoms with Crippen molar-refractivity contribution in [2.75, 3.05) is 0 Å². The Morgan fingerprint density at radius 1 is 1.12 bits per heavy atom. The molecule has 0 bridgehead atoms. The lowest BCUT2D eigenvalue weighted by molar-refractivity contribution is 0.0939. The van der Waals surface area contributed by atoms with E-state index in [4.69, 9.17) is 25.2 Å². The van der Waals surface area contributed by atoms with Crippen molar-refractivity contribution in [2.45, 2.75) is 49.2 Å². The van der Waals surface area contributed by atoms with Crippen LogP contribution in [0.3, 0.4) is 0 Å². The van der Waals surface area contributed by atoms with E-state index < -0.39 is 23.4 Å². The molecule has 0 amide bonds. The Balaban J connectivity index is 4.54. The Labute approximate surface area is 118 Å². The first-order valence-electron chi connectivity index (χ1n) is 4.90. The van der Waals surface area contributed by atoms with Crippen LogP contribution in [0.15, 0.2) is 0 Å². The van der Waals surface area contributed by atoms with E-state index in [0.717, 1.165) is 0 Å². The molecule has 0 aliphatic rings. The minimum absolute atomic E-state index is 0.398. The third-order valence-corrected chi connectivity index (χ3v) is 5.46. The van der Waals surface area contributed by atoms with Crippen LogP contribution in [0.25, 0.3) is 0 Å². The number of phosphoric acid groups is 1. The zero-order valence-electron chi connectivity index (χ0n) is 9.36. The van der Waals surface area contributed by atoms with Gasteiger partial charge in [0, 0.05) is 0 Å². The number of hydrogen-bond donors (Lipinski definition) is 0. The van der Waals surface area contributed by atoms with Crippen molar-refractivity contribution in [1.29, 1.82) is 0 Å². The van der Waals surface area contributed by atoms with Gasteiger partial charge in [-0.2, -0.15) is 0 Å². The highest BCUT2D eigenvalue weighted by Crippen LogP contribution is 2.55. The van der Waals surface area contributed by atoms with E-state index in [1.54, 1.807) is 6.92 Å². The predicted molar refractivity (Wildman–Crippen MR) is 72.2 cm³/mol. The Kier molecular flexibility index (Phi) is 9.18. The SMILES string of the molecule is CCC(Br)OP(=O)(OC(C)Cl)OC(Br)CC. The molecule has 98 valence electrons. The largest absolute Gasteiger partial charge is 0.478 e. The van der Waals surface area contributed by atoms with Gasteiger partial charge < -0.3 is 0 Å². The topological polar surface area (TPSA) is 44.8 Å². The Morgan fingerprint density at radius 2 is 1.50 bits per heavy atom. The van der Waals surface area contributed by atoms with Crippen molar-refractivity contribution in [3.63, 3.8) is 0 Å². The molecule has 0 aliphatic carbocycles. The van der Waals surface area contributed by atoms with Gasteiger partial charge >= 0.3 is 7.82 Å². The maximum absolute atomic E-state index is 12.2. The van der Waals surface area contributed by atoms with Crippen molar-refractivity contribution in [3.05, 3.63) is 0 Å². The molecule has 3 atom stereocenters. The fraction of sp³-hybridized carbons (Fsp3) is 1.00. The van der Waals surface area contributed by atoms with Gasteiger partial charge in [0.2, 0.25) is 0 Å². The van der Waals surface area contributed by atoms with Gasteiger partial charge in [0.05, 0.1) is 0 Å². The molecular formula is C8H16Br2ClO4P. The number of hydrogen-bond acceptors (Lipinski definition) is 4. The third-order valence-electron chi connectivity index (χ3n) is 1.40. The number of alkyl halides is 3. The van der Waals surface area contributed by atoms with Crippen LogP contribution in [0.4, 0.5) is 0 Å². The van der Waals surface area contributed by atoms with Crippen molar-refractivity contribution >= 4 is 51.3 Å². The molecule has 0 aromatic carbocycles. The van der Waals surface area contributed by atoms with Gasteiger partial charge in [0.1, 0.15) is 15.6 Å². The standard InChI is InChI=1S/C8H16Br2ClO4P/c1-4-7(9)14-16(12,13-6(3)11)15-8(10)5-2/h6-8H,4-5H2,1-3H3. The van der Waals surface area contributed by atoms with Gasteiger partial charge in [0.15, 0.2) is 0 Å². The van der Waals surface area contributed by atoms with Gasteiger partial charge in [0.25, 0.3) is 0 Å². The molecule has 16 heavy (non-hydrogen) atoms. The molecule has 0 aromatic rings. The van der Waals surface area contributed by atoms with Crippen molar-refractivity contribution < 1.29 is 18.1 Å². The maximum atomic E-state index is 12.2. The molecule has 0 heterocycles. The molecule has 0 saturated heterocycles. The summed E-state index contributed by atoms with van der Waals surface area (Å²) in [7, 11) is -3.65. The summed E-state index contributed by atoms with van der Waals surface area (Å²) in [5, 5.41) is -0.796. The highest BCUT2D eigenvalue weighted by Gasteiger charge is 2.33. The van der Waals surface area contributed by atoms with Gasteiger partial charge in [-0.25, -0.2) is 4.57 Å². The van der Waals surface area contributed by atoms with Gasteiger partial charge in [-0.1, -0.05) is 57.3 Å². The lowest BCUT2D eigenvalue weighted by Gasteiger charge is -2.23. The molecular weight excluding hydrogens is 386 g/mol. The number of halogens is 3. The quantitative estimate of drug-likeness (QED) is 0.424. The molecule has 0 radical (unpaired) electrons. The van der Waals surface area contributed by atoms with E-state index in [0.29, 0.717) is 12.8 Å². The molecule has 0 fully saturated rings. The third kappa shape index (κ3) is 7.64. The molecule has 0 aromatic heterocycles. The Morgan fingerprint density at radius 3 is 1.75 bits per heavy atom. The van der Waals surface area contributed by atoms with E-state index in [2.05, 4.69) is 31.9 Å². The minimum atomic E-state index is -3.65. The second kappa shape index (κ2) is 8.46. The molecule has 0 saturated carbocycles. The highest BCUT2D eigenvalue weighted by atomic mass is 79.9. The van der Waals surface area contributed by atoms with Crippen LogP contribution < -0.4 is 0 Å². The van der Waals surface area contributed by atoms with Crippen molar-refractivity contribution in [3.8, 4) is 0 Å². The summed E-state index contributed by atoms with van der Waals surface area (Å²) in [5.41, 5.74) is -0.751. The maximum Gasteiger partial charge on any atom is 0.478 e. The van der Waals surface area contributed by atoms with Gasteiger partial charge in [-0.3, -0.25) is 13.6 Å². The first kappa shape index (κ1) is 17.4. The smallest absolute Gasteiger partial charge is 0.272 e. The summed E-state index contributed by atoms with van der Waals surface area (Å²) in [4.78, 5) is 0. The molecule has 0 rings (SSSR count). The molecule has 4 nitrogen and oxygen atoms in total. The van der Waals surface area contributed by atoms with Crippen LogP contribution in [0, 0.1) is 0 Å². The van der Waals surface area contributed by atoms with E-state index >= 15 is 0 Å². The fourth-order valence-electron chi connectivity index (χ4n) is 0.682. The average molecular weight is 402 g/mol. The van der Waals surface area contributed by atoms with Gasteiger partial charge in [-0.05, 0) is 19.8 Å². The predicted octanol–water partition coefficient (Wildman–Crippen LogP) is 4.99. The average Bonchev–Trinajstić information content (AvgIpc) is 2.15. The minimum Gasteiger partial charge on any atom is -0.272 e. The van der Waals surface area contributed by atoms with Crippen molar-refractivity contribution in [1.82, 2.24) is 0 Å². The Bertz CT molecular complexity index is 226. The van der Waals surface area contributed by atoms with Gasteiger partial charge in [-0.15, -0.1) is 0 Å². The zero-order valence-corrected chi connectivity index (χ0v) is 14.2. The molecule has 3 unspecified atom stereocenters. The lowest BCUT2D eigenvalue weighted by Crippen LogP contribution is -2.12. The Hall–Kier alpha value is 1.36. The summed E-state index contributed by atoms with van der Waals surface area (Å²) in [6.45, 7) is 5.30. The van der Waals surface area contributed by atoms with E-state index in [1.807, 2.05) is 13.8 Å². The molecule has 8 heteroatoms. The van der Waals surface area contributed by atoms with Crippen LogP contribution in [-0.4, -0.2) is 15.6 Å². The summed E-state index contributed by atoms with van der Waals surface area (Å²) in [6, 6.07) is 0. The van der Waals surface area contributed by atoms with Crippen LogP contribution in [-0.2, 0) is 18.1 Å². The normalized spacial score (nSPS) is 21.1. The zero-order chi connectivity index (χ0) is 12.8. The lowest BCUT2D eigenvalue weighted by atomic mass is 10.5. The van der Waals surface area contributed by atoms with Crippen LogP contribution in [0.2, 0.25) is 0 Å². The van der Waals surface area contributed by atoms with E-state index in [9.17, 15) is 4.57 Å². The fourth-order valence-corrected chi connectivity index (χ4v) is 3.57. The second-order valence-electron chi connectivity index (χ2n) is 2.94. The number of phosphoric ester groups is 1. The van der Waals surface area contributed by atoms with Crippen molar-refractivity contribution in [2.24, 2.45) is 0 Å². The molecule has 0 N–H and O–H groups in total. The summed E-state index contributed by atoms with van der Waals surface area (Å²) < 4.78 is 27.5. The summed E-state index contributed by atoms with van der Waals surface area (Å²) in [6.07, 6.45) is 1.26. The first-order valence-corrected chi connectivity index (χ1v) is 8.63. The molecule has 0 aliphatic heterocycles. The summed E-state index contributed by atoms with van der Waals surface area (Å²) >= 11 is 12.0. The van der Waals surface area contributed by atoms with E-state index in [-0.39, 0.29) is 0 Å². The van der Waals surface area contributed by atoms with Crippen LogP contribution in [0.5, 0.6) is 0 Å². The number of rotatable bonds is 8. The monoisotopic (exact) mass is 400 g/mol. The molecule has 0 spiro atoms. The highest BCUT2D eigenvalue weighted by molar-refractivity contribution is 9.09. The van der Waals surface area contributed by atoms with E-state index in [1.165, 1.54) is 0 Å². The van der Waals surface area contributed by atoms with Crippen LogP contribution >= 0.6 is 51.3 Å². The summed E-state index contributed by atoms with van der Waals surface area (Å²) in [5.74, 6) is 0. The first-order chi connectivity index (χ1) is 7.33. The van der Waals surface area contributed by atoms with Crippen LogP contribution in [0.1, 0.15) is 33.6 Å².